The van der Waals surface area contributed by atoms with Crippen LogP contribution in [-0.4, -0.2) is 27.1 Å². The van der Waals surface area contributed by atoms with Crippen molar-refractivity contribution in [2.24, 2.45) is 7.05 Å². The van der Waals surface area contributed by atoms with Gasteiger partial charge in [0.2, 0.25) is 0 Å². The molecule has 1 aromatic heterocycles. The van der Waals surface area contributed by atoms with Gasteiger partial charge in [-0.25, -0.2) is 0 Å². The first-order valence-electron chi connectivity index (χ1n) is 5.86. The van der Waals surface area contributed by atoms with Crippen molar-refractivity contribution in [2.75, 3.05) is 5.88 Å². The monoisotopic (exact) mass is 257 g/mol. The number of hydrogen-bond acceptors (Lipinski definition) is 2. The fourth-order valence-corrected chi connectivity index (χ4v) is 2.22. The van der Waals surface area contributed by atoms with Crippen LogP contribution in [0.3, 0.4) is 0 Å². The maximum atomic E-state index is 12.1. The van der Waals surface area contributed by atoms with Crippen LogP contribution in [0.15, 0.2) is 6.20 Å². The van der Waals surface area contributed by atoms with Gasteiger partial charge in [-0.15, -0.1) is 11.6 Å². The second-order valence-corrected chi connectivity index (χ2v) is 4.64. The summed E-state index contributed by atoms with van der Waals surface area (Å²) in [5, 5.41) is 7.19. The summed E-state index contributed by atoms with van der Waals surface area (Å²) in [6.07, 6.45) is 3.37. The van der Waals surface area contributed by atoms with Crippen LogP contribution >= 0.6 is 11.6 Å². The third-order valence-electron chi connectivity index (χ3n) is 3.25. The summed E-state index contributed by atoms with van der Waals surface area (Å²) < 4.78 is 1.64. The van der Waals surface area contributed by atoms with Crippen molar-refractivity contribution in [1.82, 2.24) is 15.1 Å². The van der Waals surface area contributed by atoms with E-state index in [0.717, 1.165) is 18.5 Å². The van der Waals surface area contributed by atoms with Crippen molar-refractivity contribution in [3.63, 3.8) is 0 Å². The number of alkyl halides is 1. The van der Waals surface area contributed by atoms with Crippen molar-refractivity contribution < 1.29 is 4.79 Å². The Morgan fingerprint density at radius 3 is 2.47 bits per heavy atom. The molecule has 0 aliphatic carbocycles. The number of amides is 1. The van der Waals surface area contributed by atoms with Gasteiger partial charge in [0.25, 0.3) is 5.91 Å². The molecule has 1 aromatic rings. The number of nitrogens with zero attached hydrogens (tertiary/aromatic N) is 2. The lowest BCUT2D eigenvalue weighted by molar-refractivity contribution is 0.0902. The summed E-state index contributed by atoms with van der Waals surface area (Å²) in [6, 6.07) is 0. The van der Waals surface area contributed by atoms with Crippen molar-refractivity contribution in [3.05, 3.63) is 17.5 Å². The summed E-state index contributed by atoms with van der Waals surface area (Å²) in [5.41, 5.74) is 1.03. The molecule has 1 N–H and O–H groups in total. The fourth-order valence-electron chi connectivity index (χ4n) is 1.78. The van der Waals surface area contributed by atoms with E-state index < -0.39 is 0 Å². The Morgan fingerprint density at radius 1 is 1.53 bits per heavy atom. The molecule has 96 valence electrons. The molecule has 17 heavy (non-hydrogen) atoms. The molecule has 1 heterocycles. The zero-order valence-electron chi connectivity index (χ0n) is 10.9. The molecule has 4 nitrogen and oxygen atoms in total. The predicted octanol–water partition coefficient (Wildman–Crippen LogP) is 2.26. The van der Waals surface area contributed by atoms with Gasteiger partial charge in [0, 0.05) is 19.1 Å². The molecule has 0 spiro atoms. The molecule has 1 amide bonds. The Bertz CT molecular complexity index is 388. The Kier molecular flexibility index (Phi) is 4.57. The van der Waals surface area contributed by atoms with Crippen molar-refractivity contribution in [3.8, 4) is 0 Å². The molecule has 0 bridgehead atoms. The third-order valence-corrected chi connectivity index (χ3v) is 3.76. The van der Waals surface area contributed by atoms with Crippen molar-refractivity contribution in [1.29, 1.82) is 0 Å². The first kappa shape index (κ1) is 14.0. The summed E-state index contributed by atoms with van der Waals surface area (Å²) in [5.74, 6) is 0.324. The highest BCUT2D eigenvalue weighted by molar-refractivity contribution is 6.19. The number of carbonyl (C=O) groups excluding carboxylic acids is 1. The molecule has 0 atom stereocenters. The van der Waals surface area contributed by atoms with Gasteiger partial charge in [-0.05, 0) is 19.8 Å². The van der Waals surface area contributed by atoms with Crippen LogP contribution in [0, 0.1) is 6.92 Å². The molecule has 0 aromatic carbocycles. The Hall–Kier alpha value is -1.03. The van der Waals surface area contributed by atoms with Gasteiger partial charge in [-0.3, -0.25) is 9.48 Å². The molecule has 0 fully saturated rings. The number of rotatable bonds is 5. The predicted molar refractivity (Wildman–Crippen MR) is 69.4 cm³/mol. The molecule has 0 aliphatic rings. The topological polar surface area (TPSA) is 46.9 Å². The van der Waals surface area contributed by atoms with Crippen LogP contribution in [-0.2, 0) is 7.05 Å². The van der Waals surface area contributed by atoms with Crippen LogP contribution in [0.1, 0.15) is 42.7 Å². The number of carbonyl (C=O) groups is 1. The first-order chi connectivity index (χ1) is 7.98. The minimum Gasteiger partial charge on any atom is -0.345 e. The Labute approximate surface area is 107 Å². The molecular weight excluding hydrogens is 238 g/mol. The minimum atomic E-state index is -0.319. The second kappa shape index (κ2) is 5.54. The molecule has 0 saturated carbocycles. The molecular formula is C12H20ClN3O. The minimum absolute atomic E-state index is 0.0973. The van der Waals surface area contributed by atoms with Crippen LogP contribution in [0.2, 0.25) is 0 Å². The van der Waals surface area contributed by atoms with Gasteiger partial charge < -0.3 is 5.32 Å². The van der Waals surface area contributed by atoms with Crippen LogP contribution in [0.25, 0.3) is 0 Å². The molecule has 0 saturated heterocycles. The number of aryl methyl sites for hydroxylation is 2. The lowest BCUT2D eigenvalue weighted by Gasteiger charge is -2.30. The second-order valence-electron chi connectivity index (χ2n) is 4.38. The third kappa shape index (κ3) is 3.00. The lowest BCUT2D eigenvalue weighted by Crippen LogP contribution is -2.49. The largest absolute Gasteiger partial charge is 0.345 e. The smallest absolute Gasteiger partial charge is 0.255 e. The zero-order chi connectivity index (χ0) is 13.1. The van der Waals surface area contributed by atoms with Crippen LogP contribution in [0.4, 0.5) is 0 Å². The number of nitrogens with one attached hydrogen (secondary N) is 1. The van der Waals surface area contributed by atoms with E-state index in [9.17, 15) is 4.79 Å². The van der Waals surface area contributed by atoms with Gasteiger partial charge >= 0.3 is 0 Å². The summed E-state index contributed by atoms with van der Waals surface area (Å²) in [4.78, 5) is 12.1. The molecule has 0 aliphatic heterocycles. The highest BCUT2D eigenvalue weighted by atomic mass is 35.5. The lowest BCUT2D eigenvalue weighted by atomic mass is 9.95. The van der Waals surface area contributed by atoms with Crippen LogP contribution in [0.5, 0.6) is 0 Å². The Balaban J connectivity index is 2.88. The highest BCUT2D eigenvalue weighted by Crippen LogP contribution is 2.18. The maximum Gasteiger partial charge on any atom is 0.255 e. The van der Waals surface area contributed by atoms with Crippen molar-refractivity contribution >= 4 is 17.5 Å². The zero-order valence-corrected chi connectivity index (χ0v) is 11.6. The normalized spacial score (nSPS) is 11.6. The van der Waals surface area contributed by atoms with E-state index in [1.54, 1.807) is 17.9 Å². The Morgan fingerprint density at radius 2 is 2.12 bits per heavy atom. The van der Waals surface area contributed by atoms with E-state index in [0.29, 0.717) is 11.4 Å². The number of halogens is 1. The van der Waals surface area contributed by atoms with E-state index in [2.05, 4.69) is 10.4 Å². The van der Waals surface area contributed by atoms with Crippen molar-refractivity contribution in [2.45, 2.75) is 39.2 Å². The van der Waals surface area contributed by atoms with E-state index in [4.69, 9.17) is 11.6 Å². The maximum absolute atomic E-state index is 12.1. The molecule has 5 heteroatoms. The van der Waals surface area contributed by atoms with Gasteiger partial charge in [0.15, 0.2) is 0 Å². The van der Waals surface area contributed by atoms with Crippen LogP contribution < -0.4 is 5.32 Å². The van der Waals surface area contributed by atoms with E-state index >= 15 is 0 Å². The molecule has 0 radical (unpaired) electrons. The molecule has 1 rings (SSSR count). The SMILES string of the molecule is CCC(CC)(CCl)NC(=O)c1cn(C)nc1C. The summed E-state index contributed by atoms with van der Waals surface area (Å²) >= 11 is 5.97. The average molecular weight is 258 g/mol. The van der Waals surface area contributed by atoms with Gasteiger partial charge in [-0.1, -0.05) is 13.8 Å². The van der Waals surface area contributed by atoms with Gasteiger partial charge in [0.05, 0.1) is 16.8 Å². The first-order valence-corrected chi connectivity index (χ1v) is 6.40. The standard InChI is InChI=1S/C12H20ClN3O/c1-5-12(6-2,8-13)14-11(17)10-7-16(4)15-9(10)3/h7H,5-6,8H2,1-4H3,(H,14,17). The fraction of sp³-hybridized carbons (Fsp3) is 0.667. The van der Waals surface area contributed by atoms with E-state index in [1.165, 1.54) is 0 Å². The highest BCUT2D eigenvalue weighted by Gasteiger charge is 2.28. The van der Waals surface area contributed by atoms with Gasteiger partial charge in [0.1, 0.15) is 0 Å². The average Bonchev–Trinajstić information content (AvgIpc) is 2.65. The quantitative estimate of drug-likeness (QED) is 0.823. The van der Waals surface area contributed by atoms with Gasteiger partial charge in [-0.2, -0.15) is 5.10 Å². The number of hydrogen-bond donors (Lipinski definition) is 1. The van der Waals surface area contributed by atoms with E-state index in [-0.39, 0.29) is 11.4 Å². The number of aromatic nitrogens is 2. The summed E-state index contributed by atoms with van der Waals surface area (Å²) in [6.45, 7) is 5.89. The summed E-state index contributed by atoms with van der Waals surface area (Å²) in [7, 11) is 1.80. The molecule has 0 unspecified atom stereocenters. The van der Waals surface area contributed by atoms with E-state index in [1.807, 2.05) is 20.8 Å².